The second kappa shape index (κ2) is 10.6. The first-order chi connectivity index (χ1) is 15.2. The molecular formula is C25H25N3OS2. The number of rotatable bonds is 7. The van der Waals surface area contributed by atoms with Crippen molar-refractivity contribution in [3.63, 3.8) is 0 Å². The van der Waals surface area contributed by atoms with Crippen molar-refractivity contribution in [1.82, 2.24) is 0 Å². The monoisotopic (exact) mass is 447 g/mol. The van der Waals surface area contributed by atoms with Crippen LogP contribution in [0.25, 0.3) is 0 Å². The highest BCUT2D eigenvalue weighted by Gasteiger charge is 2.17. The van der Waals surface area contributed by atoms with E-state index in [0.29, 0.717) is 12.2 Å². The predicted octanol–water partition coefficient (Wildman–Crippen LogP) is 7.02. The Balaban J connectivity index is 1.41. The summed E-state index contributed by atoms with van der Waals surface area (Å²) in [5, 5.41) is 5.96. The van der Waals surface area contributed by atoms with Crippen LogP contribution in [0.1, 0.15) is 36.6 Å². The van der Waals surface area contributed by atoms with Crippen molar-refractivity contribution in [3.05, 3.63) is 76.5 Å². The zero-order valence-corrected chi connectivity index (χ0v) is 19.1. The summed E-state index contributed by atoms with van der Waals surface area (Å²) in [6, 6.07) is 20.1. The standard InChI is InChI=1S/C25H25N3OS2/c1-2-3-7-18-11-13-19(14-12-18)26-24(29)17-31-25-16-22(23-10-6-15-30-23)27-20-8-4-5-9-21(20)28-25/h4-6,8-15H,2-3,7,16-17H2,1H3,(H,26,29). The predicted molar refractivity (Wildman–Crippen MR) is 135 cm³/mol. The molecular weight excluding hydrogens is 422 g/mol. The first-order valence-electron chi connectivity index (χ1n) is 10.5. The second-order valence-corrected chi connectivity index (χ2v) is 9.34. The number of nitrogens with zero attached hydrogens (tertiary/aromatic N) is 2. The molecule has 0 unspecified atom stereocenters. The van der Waals surface area contributed by atoms with Crippen LogP contribution in [0.3, 0.4) is 0 Å². The molecule has 0 spiro atoms. The van der Waals surface area contributed by atoms with E-state index in [1.165, 1.54) is 30.2 Å². The Bertz CT molecular complexity index is 1090. The average molecular weight is 448 g/mol. The van der Waals surface area contributed by atoms with Gasteiger partial charge in [0.2, 0.25) is 5.91 Å². The fourth-order valence-corrected chi connectivity index (χ4v) is 4.79. The van der Waals surface area contributed by atoms with Crippen LogP contribution in [-0.2, 0) is 11.2 Å². The Morgan fingerprint density at radius 3 is 2.52 bits per heavy atom. The molecule has 1 amide bonds. The lowest BCUT2D eigenvalue weighted by molar-refractivity contribution is -0.113. The second-order valence-electron chi connectivity index (χ2n) is 7.34. The van der Waals surface area contributed by atoms with E-state index < -0.39 is 0 Å². The fourth-order valence-electron chi connectivity index (χ4n) is 3.31. The van der Waals surface area contributed by atoms with E-state index in [1.807, 2.05) is 42.5 Å². The number of carbonyl (C=O) groups is 1. The Labute approximate surface area is 191 Å². The SMILES string of the molecule is CCCCc1ccc(NC(=O)CSC2=Nc3ccccc3N=C(c3cccs3)C2)cc1. The first kappa shape index (κ1) is 21.5. The molecule has 2 aromatic carbocycles. The van der Waals surface area contributed by atoms with Gasteiger partial charge in [-0.2, -0.15) is 0 Å². The normalized spacial score (nSPS) is 13.1. The fraction of sp³-hybridized carbons (Fsp3) is 0.240. The molecule has 0 saturated carbocycles. The number of anilines is 1. The van der Waals surface area contributed by atoms with Gasteiger partial charge in [-0.3, -0.25) is 4.79 Å². The number of hydrogen-bond donors (Lipinski definition) is 1. The van der Waals surface area contributed by atoms with Gasteiger partial charge in [-0.1, -0.05) is 43.7 Å². The number of thioether (sulfide) groups is 1. The lowest BCUT2D eigenvalue weighted by Gasteiger charge is -2.08. The van der Waals surface area contributed by atoms with Crippen LogP contribution in [0.4, 0.5) is 17.1 Å². The van der Waals surface area contributed by atoms with Crippen molar-refractivity contribution < 1.29 is 4.79 Å². The number of benzene rings is 2. The summed E-state index contributed by atoms with van der Waals surface area (Å²) in [7, 11) is 0. The average Bonchev–Trinajstić information content (AvgIpc) is 3.26. The summed E-state index contributed by atoms with van der Waals surface area (Å²) in [6.45, 7) is 2.19. The quantitative estimate of drug-likeness (QED) is 0.423. The van der Waals surface area contributed by atoms with Crippen LogP contribution in [0.2, 0.25) is 0 Å². The zero-order valence-electron chi connectivity index (χ0n) is 17.5. The minimum absolute atomic E-state index is 0.0267. The van der Waals surface area contributed by atoms with Crippen LogP contribution in [-0.4, -0.2) is 22.4 Å². The first-order valence-corrected chi connectivity index (χ1v) is 12.4. The molecule has 4 rings (SSSR count). The van der Waals surface area contributed by atoms with Crippen molar-refractivity contribution in [3.8, 4) is 0 Å². The Kier molecular flexibility index (Phi) is 7.33. The summed E-state index contributed by atoms with van der Waals surface area (Å²) >= 11 is 3.15. The third kappa shape index (κ3) is 5.93. The molecule has 1 N–H and O–H groups in total. The van der Waals surface area contributed by atoms with Gasteiger partial charge in [-0.05, 0) is 54.1 Å². The van der Waals surface area contributed by atoms with Crippen LogP contribution in [0.15, 0.2) is 76.0 Å². The van der Waals surface area contributed by atoms with Crippen molar-refractivity contribution in [2.24, 2.45) is 9.98 Å². The van der Waals surface area contributed by atoms with E-state index in [2.05, 4.69) is 35.8 Å². The minimum Gasteiger partial charge on any atom is -0.325 e. The van der Waals surface area contributed by atoms with Crippen molar-refractivity contribution in [2.45, 2.75) is 32.6 Å². The van der Waals surface area contributed by atoms with Gasteiger partial charge in [0.25, 0.3) is 0 Å². The van der Waals surface area contributed by atoms with E-state index in [4.69, 9.17) is 9.98 Å². The molecule has 0 radical (unpaired) electrons. The van der Waals surface area contributed by atoms with E-state index in [0.717, 1.165) is 39.1 Å². The van der Waals surface area contributed by atoms with E-state index in [1.54, 1.807) is 11.3 Å². The Morgan fingerprint density at radius 1 is 1.03 bits per heavy atom. The molecule has 0 bridgehead atoms. The van der Waals surface area contributed by atoms with Gasteiger partial charge in [0.1, 0.15) is 0 Å². The minimum atomic E-state index is -0.0267. The summed E-state index contributed by atoms with van der Waals surface area (Å²) in [5.41, 5.74) is 4.85. The van der Waals surface area contributed by atoms with Gasteiger partial charge in [-0.25, -0.2) is 9.98 Å². The third-order valence-electron chi connectivity index (χ3n) is 4.93. The summed E-state index contributed by atoms with van der Waals surface area (Å²) in [4.78, 5) is 23.3. The number of para-hydroxylation sites is 2. The number of aliphatic imine (C=N–C) groups is 2. The number of hydrogen-bond acceptors (Lipinski definition) is 5. The number of aryl methyl sites for hydroxylation is 1. The number of unbranched alkanes of at least 4 members (excludes halogenated alkanes) is 1. The number of thiophene rings is 1. The highest BCUT2D eigenvalue weighted by atomic mass is 32.2. The van der Waals surface area contributed by atoms with E-state index in [9.17, 15) is 4.79 Å². The maximum absolute atomic E-state index is 12.5. The van der Waals surface area contributed by atoms with Crippen molar-refractivity contribution in [1.29, 1.82) is 0 Å². The lowest BCUT2D eigenvalue weighted by atomic mass is 10.1. The van der Waals surface area contributed by atoms with E-state index in [-0.39, 0.29) is 5.91 Å². The highest BCUT2D eigenvalue weighted by molar-refractivity contribution is 8.14. The number of amides is 1. The molecule has 1 aliphatic heterocycles. The Morgan fingerprint density at radius 2 is 1.81 bits per heavy atom. The molecule has 0 saturated heterocycles. The van der Waals surface area contributed by atoms with Crippen LogP contribution in [0, 0.1) is 0 Å². The Hall–Kier alpha value is -2.70. The molecule has 0 atom stereocenters. The number of fused-ring (bicyclic) bond motifs is 1. The van der Waals surface area contributed by atoms with Gasteiger partial charge in [0, 0.05) is 17.0 Å². The molecule has 31 heavy (non-hydrogen) atoms. The molecule has 0 aliphatic carbocycles. The molecule has 1 aromatic heterocycles. The smallest absolute Gasteiger partial charge is 0.234 e. The molecule has 6 heteroatoms. The molecule has 3 aromatic rings. The molecule has 158 valence electrons. The van der Waals surface area contributed by atoms with Gasteiger partial charge in [0.05, 0.1) is 27.9 Å². The maximum atomic E-state index is 12.5. The van der Waals surface area contributed by atoms with Crippen molar-refractivity contribution >= 4 is 56.8 Å². The maximum Gasteiger partial charge on any atom is 0.234 e. The van der Waals surface area contributed by atoms with Gasteiger partial charge < -0.3 is 5.32 Å². The summed E-state index contributed by atoms with van der Waals surface area (Å²) < 4.78 is 0. The van der Waals surface area contributed by atoms with Gasteiger partial charge in [-0.15, -0.1) is 23.1 Å². The van der Waals surface area contributed by atoms with Crippen LogP contribution >= 0.6 is 23.1 Å². The van der Waals surface area contributed by atoms with Crippen molar-refractivity contribution in [2.75, 3.05) is 11.1 Å². The lowest BCUT2D eigenvalue weighted by Crippen LogP contribution is -2.16. The largest absolute Gasteiger partial charge is 0.325 e. The molecule has 2 heterocycles. The van der Waals surface area contributed by atoms with E-state index >= 15 is 0 Å². The summed E-state index contributed by atoms with van der Waals surface area (Å²) in [5.74, 6) is 0.289. The zero-order chi connectivity index (χ0) is 21.5. The van der Waals surface area contributed by atoms with Gasteiger partial charge >= 0.3 is 0 Å². The highest BCUT2D eigenvalue weighted by Crippen LogP contribution is 2.34. The number of nitrogens with one attached hydrogen (secondary N) is 1. The third-order valence-corrected chi connectivity index (χ3v) is 6.83. The number of carbonyl (C=O) groups excluding carboxylic acids is 1. The van der Waals surface area contributed by atoms with Gasteiger partial charge in [0.15, 0.2) is 0 Å². The molecule has 1 aliphatic rings. The molecule has 4 nitrogen and oxygen atoms in total. The van der Waals surface area contributed by atoms with Crippen LogP contribution in [0.5, 0.6) is 0 Å². The topological polar surface area (TPSA) is 53.8 Å². The summed E-state index contributed by atoms with van der Waals surface area (Å²) in [6.07, 6.45) is 4.07. The molecule has 0 fully saturated rings. The van der Waals surface area contributed by atoms with Crippen LogP contribution < -0.4 is 5.32 Å².